The third-order valence-electron chi connectivity index (χ3n) is 3.15. The third kappa shape index (κ3) is 2.98. The SMILES string of the molecule is CCCC(C)C1CCCC(C(=O)O)N1. The smallest absolute Gasteiger partial charge is 0.320 e. The van der Waals surface area contributed by atoms with Crippen LogP contribution >= 0.6 is 0 Å². The van der Waals surface area contributed by atoms with Crippen molar-refractivity contribution in [3.63, 3.8) is 0 Å². The van der Waals surface area contributed by atoms with Gasteiger partial charge in [-0.2, -0.15) is 0 Å². The number of hydrogen-bond donors (Lipinski definition) is 2. The highest BCUT2D eigenvalue weighted by molar-refractivity contribution is 5.73. The number of aliphatic carboxylic acids is 1. The Bertz CT molecular complexity index is 194. The van der Waals surface area contributed by atoms with E-state index in [1.807, 2.05) is 0 Å². The molecular formula is C11H21NO2. The molecular weight excluding hydrogens is 178 g/mol. The molecule has 0 aromatic carbocycles. The lowest BCUT2D eigenvalue weighted by Gasteiger charge is -2.32. The van der Waals surface area contributed by atoms with Gasteiger partial charge in [0.2, 0.25) is 0 Å². The molecule has 0 spiro atoms. The lowest BCUT2D eigenvalue weighted by atomic mass is 9.88. The minimum Gasteiger partial charge on any atom is -0.480 e. The molecule has 0 aromatic rings. The second kappa shape index (κ2) is 5.35. The van der Waals surface area contributed by atoms with E-state index < -0.39 is 5.97 Å². The van der Waals surface area contributed by atoms with E-state index in [2.05, 4.69) is 19.2 Å². The Labute approximate surface area is 85.9 Å². The molecule has 0 aliphatic carbocycles. The monoisotopic (exact) mass is 199 g/mol. The highest BCUT2D eigenvalue weighted by Crippen LogP contribution is 2.21. The van der Waals surface area contributed by atoms with Crippen LogP contribution in [0.2, 0.25) is 0 Å². The van der Waals surface area contributed by atoms with E-state index in [0.29, 0.717) is 12.0 Å². The van der Waals surface area contributed by atoms with Crippen molar-refractivity contribution >= 4 is 5.97 Å². The first-order valence-electron chi connectivity index (χ1n) is 5.64. The van der Waals surface area contributed by atoms with Crippen molar-refractivity contribution in [1.82, 2.24) is 5.32 Å². The molecule has 1 fully saturated rings. The van der Waals surface area contributed by atoms with Crippen molar-refractivity contribution in [3.8, 4) is 0 Å². The van der Waals surface area contributed by atoms with Crippen molar-refractivity contribution in [2.45, 2.75) is 58.0 Å². The Morgan fingerprint density at radius 2 is 2.29 bits per heavy atom. The van der Waals surface area contributed by atoms with Crippen molar-refractivity contribution in [2.24, 2.45) is 5.92 Å². The predicted molar refractivity (Wildman–Crippen MR) is 56.3 cm³/mol. The molecule has 0 aromatic heterocycles. The van der Waals surface area contributed by atoms with Crippen molar-refractivity contribution in [3.05, 3.63) is 0 Å². The summed E-state index contributed by atoms with van der Waals surface area (Å²) in [5, 5.41) is 12.1. The number of carboxylic acid groups (broad SMARTS) is 1. The number of nitrogens with one attached hydrogen (secondary N) is 1. The van der Waals surface area contributed by atoms with E-state index in [4.69, 9.17) is 5.11 Å². The van der Waals surface area contributed by atoms with Gasteiger partial charge in [0.25, 0.3) is 0 Å². The van der Waals surface area contributed by atoms with Crippen molar-refractivity contribution in [2.75, 3.05) is 0 Å². The second-order valence-electron chi connectivity index (χ2n) is 4.36. The van der Waals surface area contributed by atoms with Gasteiger partial charge in [-0.25, -0.2) is 0 Å². The van der Waals surface area contributed by atoms with Crippen LogP contribution in [0.3, 0.4) is 0 Å². The molecule has 14 heavy (non-hydrogen) atoms. The first-order chi connectivity index (χ1) is 6.65. The Hall–Kier alpha value is -0.570. The molecule has 1 aliphatic heterocycles. The molecule has 1 rings (SSSR count). The number of carbonyl (C=O) groups is 1. The fraction of sp³-hybridized carbons (Fsp3) is 0.909. The Balaban J connectivity index is 2.43. The molecule has 0 amide bonds. The van der Waals surface area contributed by atoms with Crippen LogP contribution in [0.4, 0.5) is 0 Å². The molecule has 3 heteroatoms. The molecule has 0 bridgehead atoms. The van der Waals surface area contributed by atoms with Gasteiger partial charge in [-0.3, -0.25) is 4.79 Å². The van der Waals surface area contributed by atoms with Crippen LogP contribution in [-0.4, -0.2) is 23.2 Å². The van der Waals surface area contributed by atoms with E-state index in [9.17, 15) is 4.79 Å². The second-order valence-corrected chi connectivity index (χ2v) is 4.36. The van der Waals surface area contributed by atoms with E-state index in [0.717, 1.165) is 19.3 Å². The van der Waals surface area contributed by atoms with Gasteiger partial charge in [0.15, 0.2) is 0 Å². The molecule has 3 atom stereocenters. The van der Waals surface area contributed by atoms with Gasteiger partial charge in [-0.15, -0.1) is 0 Å². The quantitative estimate of drug-likeness (QED) is 0.728. The molecule has 3 nitrogen and oxygen atoms in total. The topological polar surface area (TPSA) is 49.3 Å². The molecule has 3 unspecified atom stereocenters. The van der Waals surface area contributed by atoms with E-state index in [1.165, 1.54) is 12.8 Å². The van der Waals surface area contributed by atoms with Crippen LogP contribution in [0.25, 0.3) is 0 Å². The molecule has 0 saturated carbocycles. The maximum Gasteiger partial charge on any atom is 0.320 e. The largest absolute Gasteiger partial charge is 0.480 e. The summed E-state index contributed by atoms with van der Waals surface area (Å²) in [4.78, 5) is 10.8. The summed E-state index contributed by atoms with van der Waals surface area (Å²) in [7, 11) is 0. The first kappa shape index (κ1) is 11.5. The summed E-state index contributed by atoms with van der Waals surface area (Å²) in [5.41, 5.74) is 0. The molecule has 2 N–H and O–H groups in total. The maximum absolute atomic E-state index is 10.8. The maximum atomic E-state index is 10.8. The average molecular weight is 199 g/mol. The minimum atomic E-state index is -0.696. The summed E-state index contributed by atoms with van der Waals surface area (Å²) < 4.78 is 0. The molecule has 82 valence electrons. The number of hydrogen-bond acceptors (Lipinski definition) is 2. The van der Waals surface area contributed by atoms with Gasteiger partial charge >= 0.3 is 5.97 Å². The van der Waals surface area contributed by atoms with Crippen LogP contribution in [0, 0.1) is 5.92 Å². The van der Waals surface area contributed by atoms with E-state index in [1.54, 1.807) is 0 Å². The van der Waals surface area contributed by atoms with Crippen LogP contribution in [0.1, 0.15) is 46.0 Å². The van der Waals surface area contributed by atoms with Gasteiger partial charge < -0.3 is 10.4 Å². The first-order valence-corrected chi connectivity index (χ1v) is 5.64. The third-order valence-corrected chi connectivity index (χ3v) is 3.15. The van der Waals surface area contributed by atoms with Crippen molar-refractivity contribution in [1.29, 1.82) is 0 Å². The average Bonchev–Trinajstić information content (AvgIpc) is 2.18. The number of rotatable bonds is 4. The van der Waals surface area contributed by atoms with Crippen LogP contribution in [0.5, 0.6) is 0 Å². The summed E-state index contributed by atoms with van der Waals surface area (Å²) in [6.07, 6.45) is 5.32. The predicted octanol–water partition coefficient (Wildman–Crippen LogP) is 2.02. The van der Waals surface area contributed by atoms with E-state index in [-0.39, 0.29) is 6.04 Å². The minimum absolute atomic E-state index is 0.312. The molecule has 1 saturated heterocycles. The summed E-state index contributed by atoms with van der Waals surface area (Å²) >= 11 is 0. The highest BCUT2D eigenvalue weighted by atomic mass is 16.4. The number of piperidine rings is 1. The lowest BCUT2D eigenvalue weighted by Crippen LogP contribution is -2.49. The zero-order valence-electron chi connectivity index (χ0n) is 9.12. The van der Waals surface area contributed by atoms with Crippen LogP contribution in [0.15, 0.2) is 0 Å². The molecule has 1 heterocycles. The van der Waals surface area contributed by atoms with Crippen LogP contribution in [-0.2, 0) is 4.79 Å². The lowest BCUT2D eigenvalue weighted by molar-refractivity contribution is -0.140. The molecule has 0 radical (unpaired) electrons. The fourth-order valence-electron chi connectivity index (χ4n) is 2.27. The Morgan fingerprint density at radius 1 is 1.57 bits per heavy atom. The zero-order valence-corrected chi connectivity index (χ0v) is 9.12. The zero-order chi connectivity index (χ0) is 10.6. The summed E-state index contributed by atoms with van der Waals surface area (Å²) in [6, 6.07) is 0.0952. The van der Waals surface area contributed by atoms with Gasteiger partial charge in [0.05, 0.1) is 0 Å². The van der Waals surface area contributed by atoms with Crippen LogP contribution < -0.4 is 5.32 Å². The van der Waals surface area contributed by atoms with Crippen molar-refractivity contribution < 1.29 is 9.90 Å². The Kier molecular flexibility index (Phi) is 4.39. The fourth-order valence-corrected chi connectivity index (χ4v) is 2.27. The van der Waals surface area contributed by atoms with E-state index >= 15 is 0 Å². The number of carboxylic acids is 1. The normalized spacial score (nSPS) is 29.9. The Morgan fingerprint density at radius 3 is 2.86 bits per heavy atom. The van der Waals surface area contributed by atoms with Gasteiger partial charge in [0.1, 0.15) is 6.04 Å². The van der Waals surface area contributed by atoms with Gasteiger partial charge in [-0.1, -0.05) is 20.3 Å². The standard InChI is InChI=1S/C11H21NO2/c1-3-5-8(2)9-6-4-7-10(12-9)11(13)14/h8-10,12H,3-7H2,1-2H3,(H,13,14). The molecule has 1 aliphatic rings. The van der Waals surface area contributed by atoms with Gasteiger partial charge in [-0.05, 0) is 31.6 Å². The van der Waals surface area contributed by atoms with Gasteiger partial charge in [0, 0.05) is 6.04 Å². The summed E-state index contributed by atoms with van der Waals surface area (Å²) in [6.45, 7) is 4.39. The highest BCUT2D eigenvalue weighted by Gasteiger charge is 2.28. The summed E-state index contributed by atoms with van der Waals surface area (Å²) in [5.74, 6) is -0.0967.